The van der Waals surface area contributed by atoms with Crippen molar-refractivity contribution in [2.45, 2.75) is 12.8 Å². The van der Waals surface area contributed by atoms with Gasteiger partial charge in [-0.15, -0.1) is 0 Å². The van der Waals surface area contributed by atoms with Crippen molar-refractivity contribution in [2.75, 3.05) is 31.6 Å². The Morgan fingerprint density at radius 2 is 2.43 bits per heavy atom. The Kier molecular flexibility index (Phi) is 3.79. The predicted octanol–water partition coefficient (Wildman–Crippen LogP) is 1.96. The minimum absolute atomic E-state index is 0.219. The summed E-state index contributed by atoms with van der Waals surface area (Å²) in [5, 5.41) is 12.2. The van der Waals surface area contributed by atoms with Gasteiger partial charge in [-0.2, -0.15) is 4.98 Å². The summed E-state index contributed by atoms with van der Waals surface area (Å²) in [5.41, 5.74) is 1.45. The van der Waals surface area contributed by atoms with Crippen molar-refractivity contribution in [3.63, 3.8) is 0 Å². The highest BCUT2D eigenvalue weighted by Gasteiger charge is 2.23. The van der Waals surface area contributed by atoms with E-state index >= 15 is 0 Å². The molecule has 6 nitrogen and oxygen atoms in total. The Labute approximate surface area is 122 Å². The Bertz CT molecular complexity index is 651. The Morgan fingerprint density at radius 1 is 1.57 bits per heavy atom. The molecule has 1 unspecified atom stereocenters. The minimum Gasteiger partial charge on any atom is -0.478 e. The molecule has 2 aromatic rings. The van der Waals surface area contributed by atoms with E-state index in [2.05, 4.69) is 15.2 Å². The molecule has 3 rings (SSSR count). The smallest absolute Gasteiger partial charge is 0.335 e. The summed E-state index contributed by atoms with van der Waals surface area (Å²) >= 11 is 0. The number of nitrogens with zero attached hydrogens (tertiary/aromatic N) is 2. The van der Waals surface area contributed by atoms with Gasteiger partial charge in [0, 0.05) is 13.1 Å². The second-order valence-electron chi connectivity index (χ2n) is 5.50. The van der Waals surface area contributed by atoms with E-state index in [1.165, 1.54) is 12.5 Å². The van der Waals surface area contributed by atoms with Gasteiger partial charge in [-0.3, -0.25) is 0 Å². The zero-order valence-electron chi connectivity index (χ0n) is 12.0. The minimum atomic E-state index is -0.957. The van der Waals surface area contributed by atoms with Crippen LogP contribution in [0.25, 0.3) is 11.1 Å². The third kappa shape index (κ3) is 2.85. The first-order valence-electron chi connectivity index (χ1n) is 7.21. The van der Waals surface area contributed by atoms with Crippen LogP contribution in [0.2, 0.25) is 0 Å². The molecule has 1 saturated heterocycles. The van der Waals surface area contributed by atoms with E-state index in [9.17, 15) is 4.79 Å². The van der Waals surface area contributed by atoms with E-state index in [1.807, 2.05) is 7.05 Å². The lowest BCUT2D eigenvalue weighted by Gasteiger charge is -2.31. The molecule has 2 N–H and O–H groups in total. The maximum atomic E-state index is 11.0. The summed E-state index contributed by atoms with van der Waals surface area (Å²) in [6.45, 7) is 2.83. The maximum absolute atomic E-state index is 11.0. The summed E-state index contributed by atoms with van der Waals surface area (Å²) in [6, 6.07) is 5.37. The summed E-state index contributed by atoms with van der Waals surface area (Å²) in [5.74, 6) is -0.366. The topological polar surface area (TPSA) is 78.6 Å². The molecule has 1 aliphatic rings. The van der Waals surface area contributed by atoms with Crippen LogP contribution in [-0.4, -0.2) is 42.7 Å². The molecule has 1 atom stereocenters. The van der Waals surface area contributed by atoms with Crippen LogP contribution in [0.4, 0.5) is 6.01 Å². The quantitative estimate of drug-likeness (QED) is 0.896. The van der Waals surface area contributed by atoms with Gasteiger partial charge in [-0.1, -0.05) is 0 Å². The number of nitrogens with one attached hydrogen (secondary N) is 1. The molecule has 0 saturated carbocycles. The molecule has 21 heavy (non-hydrogen) atoms. The zero-order valence-corrected chi connectivity index (χ0v) is 12.0. The number of fused-ring (bicyclic) bond motifs is 1. The summed E-state index contributed by atoms with van der Waals surface area (Å²) in [6.07, 6.45) is 2.33. The number of carboxylic acids is 1. The zero-order chi connectivity index (χ0) is 14.8. The number of piperidine rings is 1. The van der Waals surface area contributed by atoms with E-state index < -0.39 is 5.97 Å². The normalized spacial score (nSPS) is 19.1. The predicted molar refractivity (Wildman–Crippen MR) is 79.8 cm³/mol. The molecule has 1 fully saturated rings. The highest BCUT2D eigenvalue weighted by atomic mass is 16.4. The number of hydrogen-bond donors (Lipinski definition) is 2. The lowest BCUT2D eigenvalue weighted by molar-refractivity contribution is 0.0697. The molecule has 1 aromatic heterocycles. The molecule has 0 amide bonds. The summed E-state index contributed by atoms with van der Waals surface area (Å²) in [4.78, 5) is 17.6. The van der Waals surface area contributed by atoms with E-state index in [1.54, 1.807) is 12.1 Å². The lowest BCUT2D eigenvalue weighted by Crippen LogP contribution is -2.39. The maximum Gasteiger partial charge on any atom is 0.335 e. The summed E-state index contributed by atoms with van der Waals surface area (Å²) in [7, 11) is 1.96. The Hall–Kier alpha value is -2.08. The average molecular weight is 289 g/mol. The van der Waals surface area contributed by atoms with Crippen molar-refractivity contribution in [1.29, 1.82) is 0 Å². The van der Waals surface area contributed by atoms with Crippen molar-refractivity contribution in [1.82, 2.24) is 10.3 Å². The Morgan fingerprint density at radius 3 is 3.19 bits per heavy atom. The Balaban J connectivity index is 1.85. The number of carbonyl (C=O) groups is 1. The van der Waals surface area contributed by atoms with Crippen molar-refractivity contribution in [3.05, 3.63) is 23.8 Å². The second-order valence-corrected chi connectivity index (χ2v) is 5.50. The number of carboxylic acid groups (broad SMARTS) is 1. The van der Waals surface area contributed by atoms with Crippen LogP contribution >= 0.6 is 0 Å². The number of oxazole rings is 1. The fourth-order valence-corrected chi connectivity index (χ4v) is 2.87. The lowest BCUT2D eigenvalue weighted by atomic mass is 9.98. The van der Waals surface area contributed by atoms with E-state index in [4.69, 9.17) is 9.52 Å². The van der Waals surface area contributed by atoms with Crippen LogP contribution in [0.5, 0.6) is 0 Å². The number of hydrogen-bond acceptors (Lipinski definition) is 5. The standard InChI is InChI=1S/C15H19N3O3/c1-16-8-10-3-2-6-18(9-10)15-17-12-5-4-11(14(19)20)7-13(12)21-15/h4-5,7,10,16H,2-3,6,8-9H2,1H3,(H,19,20). The molecule has 6 heteroatoms. The van der Waals surface area contributed by atoms with Gasteiger partial charge in [0.05, 0.1) is 5.56 Å². The van der Waals surface area contributed by atoms with Gasteiger partial charge in [0.25, 0.3) is 6.01 Å². The van der Waals surface area contributed by atoms with Crippen molar-refractivity contribution >= 4 is 23.1 Å². The molecule has 112 valence electrons. The van der Waals surface area contributed by atoms with Gasteiger partial charge < -0.3 is 19.7 Å². The van der Waals surface area contributed by atoms with Crippen LogP contribution in [0.3, 0.4) is 0 Å². The third-order valence-electron chi connectivity index (χ3n) is 3.91. The van der Waals surface area contributed by atoms with Gasteiger partial charge in [-0.25, -0.2) is 4.79 Å². The SMILES string of the molecule is CNCC1CCCN(c2nc3ccc(C(=O)O)cc3o2)C1. The van der Waals surface area contributed by atoms with Crippen molar-refractivity contribution in [2.24, 2.45) is 5.92 Å². The molecular formula is C15H19N3O3. The van der Waals surface area contributed by atoms with E-state index in [-0.39, 0.29) is 5.56 Å². The largest absolute Gasteiger partial charge is 0.478 e. The van der Waals surface area contributed by atoms with Crippen molar-refractivity contribution < 1.29 is 14.3 Å². The molecule has 1 aromatic carbocycles. The first-order chi connectivity index (χ1) is 10.2. The number of rotatable bonds is 4. The first-order valence-corrected chi connectivity index (χ1v) is 7.21. The van der Waals surface area contributed by atoms with E-state index in [0.29, 0.717) is 23.0 Å². The third-order valence-corrected chi connectivity index (χ3v) is 3.91. The van der Waals surface area contributed by atoms with Gasteiger partial charge in [0.1, 0.15) is 5.52 Å². The van der Waals surface area contributed by atoms with Gasteiger partial charge in [0.2, 0.25) is 0 Å². The first kappa shape index (κ1) is 13.9. The molecule has 0 bridgehead atoms. The number of benzene rings is 1. The average Bonchev–Trinajstić information content (AvgIpc) is 2.91. The van der Waals surface area contributed by atoms with Crippen LogP contribution in [0.15, 0.2) is 22.6 Å². The van der Waals surface area contributed by atoms with Gasteiger partial charge in [-0.05, 0) is 50.6 Å². The fourth-order valence-electron chi connectivity index (χ4n) is 2.87. The molecule has 1 aliphatic heterocycles. The van der Waals surface area contributed by atoms with Crippen LogP contribution in [0, 0.1) is 5.92 Å². The van der Waals surface area contributed by atoms with Crippen LogP contribution in [-0.2, 0) is 0 Å². The second kappa shape index (κ2) is 5.73. The highest BCUT2D eigenvalue weighted by molar-refractivity contribution is 5.92. The van der Waals surface area contributed by atoms with Crippen LogP contribution < -0.4 is 10.2 Å². The monoisotopic (exact) mass is 289 g/mol. The molecule has 0 spiro atoms. The highest BCUT2D eigenvalue weighted by Crippen LogP contribution is 2.26. The summed E-state index contributed by atoms with van der Waals surface area (Å²) < 4.78 is 5.76. The molecule has 2 heterocycles. The van der Waals surface area contributed by atoms with Gasteiger partial charge >= 0.3 is 5.97 Å². The number of aromatic nitrogens is 1. The van der Waals surface area contributed by atoms with Crippen molar-refractivity contribution in [3.8, 4) is 0 Å². The van der Waals surface area contributed by atoms with Gasteiger partial charge in [0.15, 0.2) is 5.58 Å². The number of aromatic carboxylic acids is 1. The fraction of sp³-hybridized carbons (Fsp3) is 0.467. The molecule has 0 aliphatic carbocycles. The van der Waals surface area contributed by atoms with Crippen LogP contribution in [0.1, 0.15) is 23.2 Å². The molecule has 0 radical (unpaired) electrons. The number of anilines is 1. The van der Waals surface area contributed by atoms with E-state index in [0.717, 1.165) is 26.1 Å². The molecular weight excluding hydrogens is 270 g/mol.